The van der Waals surface area contributed by atoms with Gasteiger partial charge in [-0.3, -0.25) is 4.79 Å². The van der Waals surface area contributed by atoms with Crippen LogP contribution in [0, 0.1) is 0 Å². The van der Waals surface area contributed by atoms with Gasteiger partial charge in [0.2, 0.25) is 0 Å². The van der Waals surface area contributed by atoms with Crippen molar-refractivity contribution in [2.45, 2.75) is 13.5 Å². The third-order valence-corrected chi connectivity index (χ3v) is 3.01. The number of ether oxygens (including phenoxy) is 2. The first kappa shape index (κ1) is 15.9. The maximum atomic E-state index is 11.9. The van der Waals surface area contributed by atoms with E-state index in [1.165, 1.54) is 7.11 Å². The van der Waals surface area contributed by atoms with Crippen molar-refractivity contribution in [2.24, 2.45) is 0 Å². The van der Waals surface area contributed by atoms with Crippen LogP contribution in [0.25, 0.3) is 11.0 Å². The van der Waals surface area contributed by atoms with Gasteiger partial charge in [0.1, 0.15) is 5.52 Å². The van der Waals surface area contributed by atoms with E-state index in [-0.39, 0.29) is 12.5 Å². The summed E-state index contributed by atoms with van der Waals surface area (Å²) < 4.78 is 11.5. The minimum atomic E-state index is -0.574. The van der Waals surface area contributed by atoms with Gasteiger partial charge in [-0.15, -0.1) is 5.10 Å². The molecule has 0 aliphatic carbocycles. The number of nitrogens with one attached hydrogen (secondary N) is 1. The van der Waals surface area contributed by atoms with Gasteiger partial charge < -0.3 is 14.8 Å². The highest BCUT2D eigenvalue weighted by molar-refractivity contribution is 5.94. The first-order chi connectivity index (χ1) is 10.7. The maximum absolute atomic E-state index is 11.9. The van der Waals surface area contributed by atoms with Crippen LogP contribution in [0.2, 0.25) is 0 Å². The molecule has 118 valence electrons. The van der Waals surface area contributed by atoms with E-state index in [0.717, 1.165) is 5.52 Å². The van der Waals surface area contributed by atoms with Crippen molar-refractivity contribution in [3.8, 4) is 0 Å². The van der Waals surface area contributed by atoms with E-state index in [1.807, 2.05) is 6.92 Å². The Morgan fingerprint density at radius 2 is 2.18 bits per heavy atom. The smallest absolute Gasteiger partial charge is 0.338 e. The molecule has 0 aliphatic heterocycles. The van der Waals surface area contributed by atoms with Gasteiger partial charge in [-0.05, 0) is 25.1 Å². The Bertz CT molecular complexity index is 668. The first-order valence-electron chi connectivity index (χ1n) is 6.91. The lowest BCUT2D eigenvalue weighted by molar-refractivity contribution is -0.124. The lowest BCUT2D eigenvalue weighted by Gasteiger charge is -2.06. The summed E-state index contributed by atoms with van der Waals surface area (Å²) in [5.41, 5.74) is 1.79. The highest BCUT2D eigenvalue weighted by atomic mass is 16.5. The fourth-order valence-electron chi connectivity index (χ4n) is 1.89. The normalized spacial score (nSPS) is 10.6. The number of esters is 1. The number of hydrogen-bond donors (Lipinski definition) is 1. The molecule has 2 rings (SSSR count). The molecule has 8 heteroatoms. The molecule has 22 heavy (non-hydrogen) atoms. The number of nitrogens with zero attached hydrogens (tertiary/aromatic N) is 3. The van der Waals surface area contributed by atoms with Crippen LogP contribution < -0.4 is 5.32 Å². The summed E-state index contributed by atoms with van der Waals surface area (Å²) in [6, 6.07) is 4.98. The molecule has 0 unspecified atom stereocenters. The first-order valence-corrected chi connectivity index (χ1v) is 6.91. The monoisotopic (exact) mass is 306 g/mol. The van der Waals surface area contributed by atoms with Crippen molar-refractivity contribution in [1.29, 1.82) is 0 Å². The quantitative estimate of drug-likeness (QED) is 0.586. The molecule has 2 aromatic rings. The fraction of sp³-hybridized carbons (Fsp3) is 0.429. The molecule has 0 saturated heterocycles. The number of aryl methyl sites for hydroxylation is 1. The standard InChI is InChI=1S/C14H18N4O4/c1-3-18-12-5-4-10(8-11(12)16-17-18)14(20)22-9-13(19)15-6-7-21-2/h4-5,8H,3,6-7,9H2,1-2H3,(H,15,19). The van der Waals surface area contributed by atoms with Crippen molar-refractivity contribution >= 4 is 22.9 Å². The lowest BCUT2D eigenvalue weighted by atomic mass is 10.2. The fourth-order valence-corrected chi connectivity index (χ4v) is 1.89. The Balaban J connectivity index is 1.94. The van der Waals surface area contributed by atoms with Crippen LogP contribution in [0.15, 0.2) is 18.2 Å². The Morgan fingerprint density at radius 3 is 2.91 bits per heavy atom. The lowest BCUT2D eigenvalue weighted by Crippen LogP contribution is -2.31. The van der Waals surface area contributed by atoms with E-state index >= 15 is 0 Å². The maximum Gasteiger partial charge on any atom is 0.338 e. The number of amides is 1. The SMILES string of the molecule is CCn1nnc2cc(C(=O)OCC(=O)NCCOC)ccc21. The average molecular weight is 306 g/mol. The van der Waals surface area contributed by atoms with Crippen molar-refractivity contribution in [2.75, 3.05) is 26.9 Å². The zero-order valence-corrected chi connectivity index (χ0v) is 12.5. The van der Waals surface area contributed by atoms with Crippen molar-refractivity contribution in [1.82, 2.24) is 20.3 Å². The van der Waals surface area contributed by atoms with E-state index in [9.17, 15) is 9.59 Å². The molecule has 8 nitrogen and oxygen atoms in total. The van der Waals surface area contributed by atoms with Crippen molar-refractivity contribution < 1.29 is 19.1 Å². The number of hydrogen-bond acceptors (Lipinski definition) is 6. The van der Waals surface area contributed by atoms with Gasteiger partial charge >= 0.3 is 5.97 Å². The number of methoxy groups -OCH3 is 1. The molecular weight excluding hydrogens is 288 g/mol. The third kappa shape index (κ3) is 3.79. The van der Waals surface area contributed by atoms with E-state index < -0.39 is 5.97 Å². The van der Waals surface area contributed by atoms with Crippen LogP contribution in [-0.2, 0) is 20.8 Å². The molecular formula is C14H18N4O4. The number of aromatic nitrogens is 3. The average Bonchev–Trinajstić information content (AvgIpc) is 2.95. The largest absolute Gasteiger partial charge is 0.452 e. The number of carbonyl (C=O) groups is 2. The predicted molar refractivity (Wildman–Crippen MR) is 78.4 cm³/mol. The third-order valence-electron chi connectivity index (χ3n) is 3.01. The van der Waals surface area contributed by atoms with Crippen molar-refractivity contribution in [3.05, 3.63) is 23.8 Å². The number of fused-ring (bicyclic) bond motifs is 1. The minimum absolute atomic E-state index is 0.331. The van der Waals surface area contributed by atoms with Gasteiger partial charge in [0.05, 0.1) is 17.7 Å². The van der Waals surface area contributed by atoms with E-state index in [2.05, 4.69) is 15.6 Å². The van der Waals surface area contributed by atoms with Crippen LogP contribution in [-0.4, -0.2) is 53.7 Å². The Hall–Kier alpha value is -2.48. The van der Waals surface area contributed by atoms with Crippen LogP contribution in [0.3, 0.4) is 0 Å². The Morgan fingerprint density at radius 1 is 1.36 bits per heavy atom. The molecule has 1 heterocycles. The van der Waals surface area contributed by atoms with Gasteiger partial charge in [0.15, 0.2) is 6.61 Å². The van der Waals surface area contributed by atoms with Crippen molar-refractivity contribution in [3.63, 3.8) is 0 Å². The second-order valence-electron chi connectivity index (χ2n) is 4.53. The molecule has 0 radical (unpaired) electrons. The van der Waals surface area contributed by atoms with E-state index in [0.29, 0.717) is 30.8 Å². The number of benzene rings is 1. The zero-order valence-electron chi connectivity index (χ0n) is 12.5. The topological polar surface area (TPSA) is 95.3 Å². The van der Waals surface area contributed by atoms with Crippen LogP contribution in [0.4, 0.5) is 0 Å². The van der Waals surface area contributed by atoms with Crippen LogP contribution in [0.1, 0.15) is 17.3 Å². The second-order valence-corrected chi connectivity index (χ2v) is 4.53. The minimum Gasteiger partial charge on any atom is -0.452 e. The molecule has 0 aliphatic rings. The van der Waals surface area contributed by atoms with Gasteiger partial charge in [-0.1, -0.05) is 5.21 Å². The summed E-state index contributed by atoms with van der Waals surface area (Å²) in [5, 5.41) is 10.5. The van der Waals surface area contributed by atoms with E-state index in [1.54, 1.807) is 22.9 Å². The number of rotatable bonds is 7. The summed E-state index contributed by atoms with van der Waals surface area (Å²) in [7, 11) is 1.54. The molecule has 1 aromatic heterocycles. The van der Waals surface area contributed by atoms with Gasteiger partial charge in [0, 0.05) is 20.2 Å². The van der Waals surface area contributed by atoms with Gasteiger partial charge in [-0.2, -0.15) is 0 Å². The second kappa shape index (κ2) is 7.51. The molecule has 0 fully saturated rings. The van der Waals surface area contributed by atoms with Gasteiger partial charge in [-0.25, -0.2) is 9.48 Å². The zero-order chi connectivity index (χ0) is 15.9. The Kier molecular flexibility index (Phi) is 5.42. The van der Waals surface area contributed by atoms with Crippen LogP contribution in [0.5, 0.6) is 0 Å². The highest BCUT2D eigenvalue weighted by Gasteiger charge is 2.12. The van der Waals surface area contributed by atoms with E-state index in [4.69, 9.17) is 9.47 Å². The molecule has 0 saturated carbocycles. The molecule has 0 spiro atoms. The summed E-state index contributed by atoms with van der Waals surface area (Å²) in [6.07, 6.45) is 0. The number of carbonyl (C=O) groups excluding carboxylic acids is 2. The summed E-state index contributed by atoms with van der Waals surface area (Å²) in [4.78, 5) is 23.4. The van der Waals surface area contributed by atoms with Crippen LogP contribution >= 0.6 is 0 Å². The highest BCUT2D eigenvalue weighted by Crippen LogP contribution is 2.14. The summed E-state index contributed by atoms with van der Waals surface area (Å²) in [5.74, 6) is -0.946. The molecule has 0 atom stereocenters. The molecule has 1 N–H and O–H groups in total. The molecule has 1 amide bonds. The Labute approximate surface area is 127 Å². The molecule has 1 aromatic carbocycles. The summed E-state index contributed by atoms with van der Waals surface area (Å²) >= 11 is 0. The summed E-state index contributed by atoms with van der Waals surface area (Å²) in [6.45, 7) is 3.10. The molecule has 0 bridgehead atoms. The van der Waals surface area contributed by atoms with Gasteiger partial charge in [0.25, 0.3) is 5.91 Å². The predicted octanol–water partition coefficient (Wildman–Crippen LogP) is 0.371.